The molecule has 0 aromatic heterocycles. The zero-order valence-corrected chi connectivity index (χ0v) is 27.2. The molecular weight excluding hydrogens is 642 g/mol. The Morgan fingerprint density at radius 1 is 0.580 bits per heavy atom. The fraction of sp³-hybridized carbons (Fsp3) is 0.250. The third-order valence-electron chi connectivity index (χ3n) is 8.97. The van der Waals surface area contributed by atoms with Crippen LogP contribution in [0.3, 0.4) is 0 Å². The van der Waals surface area contributed by atoms with Gasteiger partial charge in [0.2, 0.25) is 11.8 Å². The average Bonchev–Trinajstić information content (AvgIpc) is 3.68. The normalized spacial score (nSPS) is 18.6. The Labute approximate surface area is 288 Å². The van der Waals surface area contributed by atoms with Crippen LogP contribution in [0.4, 0.5) is 18.4 Å². The van der Waals surface area contributed by atoms with Crippen LogP contribution in [0.1, 0.15) is 22.3 Å². The summed E-state index contributed by atoms with van der Waals surface area (Å²) in [4.78, 5) is 56.7. The van der Waals surface area contributed by atoms with Gasteiger partial charge in [0.25, 0.3) is 0 Å². The number of nitrogens with zero attached hydrogens (tertiary/aromatic N) is 2. The number of amides is 4. The lowest BCUT2D eigenvalue weighted by Crippen LogP contribution is -2.44. The SMILES string of the molecule is O=C1OC[C@H](Cc2ccccc2)N1C(=O)[C@H](/C=C/[C@H](Cc1ccc(F)cc1)C(=O)N1C(=O)OC[C@@H]1Cc1ccccc1)Cc1ccc(F)cc1. The van der Waals surface area contributed by atoms with Crippen LogP contribution in [-0.2, 0) is 44.7 Å². The molecule has 256 valence electrons. The van der Waals surface area contributed by atoms with Gasteiger partial charge in [-0.1, -0.05) is 97.1 Å². The maximum atomic E-state index is 14.3. The standard InChI is InChI=1S/C40H36F2N2O6/c41-33-17-11-29(12-18-33)21-31(37(45)43-35(25-49-39(43)47)23-27-7-3-1-4-8-27)15-16-32(22-30-13-19-34(42)20-14-30)38(46)44-36(26-50-40(44)48)24-28-9-5-2-6-10-28/h1-20,31-32,35-36H,21-26H2/b16-15+/t31-,32-,35+,36+/m1/s1. The molecule has 50 heavy (non-hydrogen) atoms. The van der Waals surface area contributed by atoms with Gasteiger partial charge in [0.05, 0.1) is 23.9 Å². The van der Waals surface area contributed by atoms with E-state index in [1.165, 1.54) is 24.3 Å². The summed E-state index contributed by atoms with van der Waals surface area (Å²) in [6, 6.07) is 29.1. The van der Waals surface area contributed by atoms with Gasteiger partial charge in [0.15, 0.2) is 0 Å². The van der Waals surface area contributed by atoms with Gasteiger partial charge < -0.3 is 9.47 Å². The first kappa shape index (κ1) is 34.2. The van der Waals surface area contributed by atoms with Crippen LogP contribution >= 0.6 is 0 Å². The number of ether oxygens (including phenoxy) is 2. The Kier molecular flexibility index (Phi) is 10.8. The van der Waals surface area contributed by atoms with Crippen molar-refractivity contribution in [3.8, 4) is 0 Å². The molecule has 4 atom stereocenters. The van der Waals surface area contributed by atoms with Crippen LogP contribution in [0, 0.1) is 23.5 Å². The fourth-order valence-corrected chi connectivity index (χ4v) is 6.38. The van der Waals surface area contributed by atoms with Crippen LogP contribution < -0.4 is 0 Å². The Morgan fingerprint density at radius 3 is 1.30 bits per heavy atom. The zero-order chi connectivity index (χ0) is 35.0. The summed E-state index contributed by atoms with van der Waals surface area (Å²) in [6.45, 7) is 0.0516. The predicted octanol–water partition coefficient (Wildman–Crippen LogP) is 6.72. The summed E-state index contributed by atoms with van der Waals surface area (Å²) in [6.07, 6.45) is 2.56. The number of halogens is 2. The van der Waals surface area contributed by atoms with Crippen LogP contribution in [-0.4, -0.2) is 59.1 Å². The van der Waals surface area contributed by atoms with Gasteiger partial charge in [-0.25, -0.2) is 28.2 Å². The second-order valence-corrected chi connectivity index (χ2v) is 12.5. The third-order valence-corrected chi connectivity index (χ3v) is 8.97. The highest BCUT2D eigenvalue weighted by atomic mass is 19.1. The molecular formula is C40H36F2N2O6. The molecule has 4 aromatic rings. The van der Waals surface area contributed by atoms with Crippen molar-refractivity contribution in [3.63, 3.8) is 0 Å². The monoisotopic (exact) mass is 678 g/mol. The molecule has 0 saturated carbocycles. The van der Waals surface area contributed by atoms with Crippen molar-refractivity contribution in [2.24, 2.45) is 11.8 Å². The van der Waals surface area contributed by atoms with Crippen molar-refractivity contribution in [3.05, 3.63) is 155 Å². The molecule has 8 nitrogen and oxygen atoms in total. The minimum Gasteiger partial charge on any atom is -0.447 e. The first-order valence-corrected chi connectivity index (χ1v) is 16.5. The van der Waals surface area contributed by atoms with Crippen LogP contribution in [0.5, 0.6) is 0 Å². The molecule has 6 rings (SSSR count). The summed E-state index contributed by atoms with van der Waals surface area (Å²) in [7, 11) is 0. The number of hydrogen-bond donors (Lipinski definition) is 0. The average molecular weight is 679 g/mol. The number of cyclic esters (lactones) is 2. The first-order valence-electron chi connectivity index (χ1n) is 16.5. The molecule has 0 aliphatic carbocycles. The Bertz CT molecular complexity index is 1700. The molecule has 2 saturated heterocycles. The maximum Gasteiger partial charge on any atom is 0.417 e. The number of carbonyl (C=O) groups excluding carboxylic acids is 4. The van der Waals surface area contributed by atoms with E-state index in [1.54, 1.807) is 36.4 Å². The molecule has 0 radical (unpaired) electrons. The van der Waals surface area contributed by atoms with Gasteiger partial charge in [-0.15, -0.1) is 0 Å². The number of carbonyl (C=O) groups is 4. The molecule has 2 aliphatic heterocycles. The summed E-state index contributed by atoms with van der Waals surface area (Å²) in [5.74, 6) is -3.87. The van der Waals surface area contributed by atoms with Gasteiger partial charge >= 0.3 is 12.2 Å². The van der Waals surface area contributed by atoms with Gasteiger partial charge in [-0.3, -0.25) is 9.59 Å². The molecule has 2 heterocycles. The Balaban J connectivity index is 1.32. The van der Waals surface area contributed by atoms with Crippen LogP contribution in [0.2, 0.25) is 0 Å². The van der Waals surface area contributed by atoms with Crippen molar-refractivity contribution in [1.29, 1.82) is 0 Å². The van der Waals surface area contributed by atoms with E-state index in [9.17, 15) is 28.0 Å². The van der Waals surface area contributed by atoms with Gasteiger partial charge in [0, 0.05) is 0 Å². The molecule has 0 bridgehead atoms. The van der Waals surface area contributed by atoms with E-state index in [1.807, 2.05) is 60.7 Å². The molecule has 0 N–H and O–H groups in total. The lowest BCUT2D eigenvalue weighted by atomic mass is 9.91. The highest BCUT2D eigenvalue weighted by molar-refractivity contribution is 5.97. The van der Waals surface area contributed by atoms with Gasteiger partial charge in [-0.05, 0) is 72.2 Å². The van der Waals surface area contributed by atoms with E-state index in [0.29, 0.717) is 24.0 Å². The van der Waals surface area contributed by atoms with Crippen molar-refractivity contribution >= 4 is 24.0 Å². The minimum absolute atomic E-state index is 0.0258. The van der Waals surface area contributed by atoms with E-state index in [4.69, 9.17) is 9.47 Å². The molecule has 10 heteroatoms. The third kappa shape index (κ3) is 8.31. The minimum atomic E-state index is -0.960. The van der Waals surface area contributed by atoms with Crippen LogP contribution in [0.25, 0.3) is 0 Å². The van der Waals surface area contributed by atoms with E-state index in [2.05, 4.69) is 0 Å². The summed E-state index contributed by atoms with van der Waals surface area (Å²) in [5, 5.41) is 0. The number of hydrogen-bond acceptors (Lipinski definition) is 6. The lowest BCUT2D eigenvalue weighted by Gasteiger charge is -2.25. The van der Waals surface area contributed by atoms with E-state index in [-0.39, 0.29) is 26.1 Å². The second-order valence-electron chi connectivity index (χ2n) is 12.5. The van der Waals surface area contributed by atoms with E-state index >= 15 is 0 Å². The highest BCUT2D eigenvalue weighted by Crippen LogP contribution is 2.26. The number of imide groups is 2. The van der Waals surface area contributed by atoms with Crippen molar-refractivity contribution < 1.29 is 37.4 Å². The van der Waals surface area contributed by atoms with Gasteiger partial charge in [0.1, 0.15) is 24.8 Å². The molecule has 4 aromatic carbocycles. The summed E-state index contributed by atoms with van der Waals surface area (Å²) in [5.41, 5.74) is 3.11. The smallest absolute Gasteiger partial charge is 0.417 e. The zero-order valence-electron chi connectivity index (χ0n) is 27.2. The predicted molar refractivity (Wildman–Crippen MR) is 181 cm³/mol. The van der Waals surface area contributed by atoms with Gasteiger partial charge in [-0.2, -0.15) is 0 Å². The number of benzene rings is 4. The number of rotatable bonds is 12. The Morgan fingerprint density at radius 2 is 0.940 bits per heavy atom. The Hall–Kier alpha value is -5.64. The summed E-state index contributed by atoms with van der Waals surface area (Å²) >= 11 is 0. The van der Waals surface area contributed by atoms with E-state index < -0.39 is 59.6 Å². The second kappa shape index (κ2) is 15.7. The molecule has 0 unspecified atom stereocenters. The molecule has 2 fully saturated rings. The van der Waals surface area contributed by atoms with Crippen molar-refractivity contribution in [2.45, 2.75) is 37.8 Å². The highest BCUT2D eigenvalue weighted by Gasteiger charge is 2.42. The molecule has 4 amide bonds. The quantitative estimate of drug-likeness (QED) is 0.155. The lowest BCUT2D eigenvalue weighted by molar-refractivity contribution is -0.133. The van der Waals surface area contributed by atoms with Crippen molar-refractivity contribution in [2.75, 3.05) is 13.2 Å². The summed E-state index contributed by atoms with van der Waals surface area (Å²) < 4.78 is 38.3. The maximum absolute atomic E-state index is 14.3. The van der Waals surface area contributed by atoms with E-state index in [0.717, 1.165) is 20.9 Å². The topological polar surface area (TPSA) is 93.2 Å². The molecule has 0 spiro atoms. The molecule has 2 aliphatic rings. The van der Waals surface area contributed by atoms with Crippen molar-refractivity contribution in [1.82, 2.24) is 9.80 Å². The fourth-order valence-electron chi connectivity index (χ4n) is 6.38. The first-order chi connectivity index (χ1) is 24.2. The largest absolute Gasteiger partial charge is 0.447 e. The van der Waals surface area contributed by atoms with Crippen LogP contribution in [0.15, 0.2) is 121 Å².